The van der Waals surface area contributed by atoms with E-state index >= 15 is 0 Å². The fourth-order valence-corrected chi connectivity index (χ4v) is 3.88. The van der Waals surface area contributed by atoms with Crippen LogP contribution >= 0.6 is 0 Å². The lowest BCUT2D eigenvalue weighted by Gasteiger charge is -2.30. The molecule has 1 aromatic carbocycles. The Kier molecular flexibility index (Phi) is 3.49. The predicted molar refractivity (Wildman–Crippen MR) is 80.2 cm³/mol. The molecule has 2 rings (SSSR count). The SMILES string of the molecule is CCO/N=C1/C(=O)N([Si](C)(C)C)c2ccc(C)cc21. The number of aryl methyl sites for hydroxylation is 1. The van der Waals surface area contributed by atoms with Crippen LogP contribution in [0.5, 0.6) is 0 Å². The number of carbonyl (C=O) groups is 1. The molecule has 1 aliphatic rings. The third-order valence-corrected chi connectivity index (χ3v) is 4.80. The van der Waals surface area contributed by atoms with E-state index in [1.54, 1.807) is 0 Å². The number of fused-ring (bicyclic) bond motifs is 1. The molecule has 0 fully saturated rings. The molecule has 0 aliphatic carbocycles. The zero-order valence-corrected chi connectivity index (χ0v) is 13.2. The molecule has 4 nitrogen and oxygen atoms in total. The van der Waals surface area contributed by atoms with Crippen molar-refractivity contribution >= 4 is 25.5 Å². The summed E-state index contributed by atoms with van der Waals surface area (Å²) < 4.78 is 1.92. The van der Waals surface area contributed by atoms with Gasteiger partial charge in [-0.15, -0.1) is 0 Å². The van der Waals surface area contributed by atoms with Crippen LogP contribution in [0.3, 0.4) is 0 Å². The number of amides is 1. The first-order valence-electron chi connectivity index (χ1n) is 6.51. The molecule has 0 bridgehead atoms. The quantitative estimate of drug-likeness (QED) is 0.629. The summed E-state index contributed by atoms with van der Waals surface area (Å²) in [5.74, 6) is -0.0341. The van der Waals surface area contributed by atoms with Gasteiger partial charge in [0.05, 0.1) is 0 Å². The molecule has 0 spiro atoms. The molecule has 0 aromatic heterocycles. The molecule has 0 unspecified atom stereocenters. The van der Waals surface area contributed by atoms with Crippen LogP contribution in [0.1, 0.15) is 18.1 Å². The minimum atomic E-state index is -1.79. The fraction of sp³-hybridized carbons (Fsp3) is 0.429. The standard InChI is InChI=1S/C14H20N2O2Si/c1-6-18-15-13-11-9-10(2)7-8-12(11)16(14(13)17)19(3,4)5/h7-9H,6H2,1-5H3/b15-13+. The van der Waals surface area contributed by atoms with Gasteiger partial charge >= 0.3 is 0 Å². The third-order valence-electron chi connectivity index (χ3n) is 3.01. The summed E-state index contributed by atoms with van der Waals surface area (Å²) in [4.78, 5) is 17.7. The summed E-state index contributed by atoms with van der Waals surface area (Å²) >= 11 is 0. The highest BCUT2D eigenvalue weighted by Gasteiger charge is 2.41. The Morgan fingerprint density at radius 2 is 2.00 bits per heavy atom. The van der Waals surface area contributed by atoms with Gasteiger partial charge in [-0.25, -0.2) is 0 Å². The number of benzene rings is 1. The van der Waals surface area contributed by atoms with Gasteiger partial charge in [-0.05, 0) is 26.0 Å². The van der Waals surface area contributed by atoms with E-state index in [4.69, 9.17) is 4.84 Å². The summed E-state index contributed by atoms with van der Waals surface area (Å²) in [5.41, 5.74) is 3.41. The Labute approximate surface area is 115 Å². The van der Waals surface area contributed by atoms with Gasteiger partial charge in [0.2, 0.25) is 0 Å². The van der Waals surface area contributed by atoms with Crippen LogP contribution in [0.25, 0.3) is 0 Å². The molecule has 0 N–H and O–H groups in total. The van der Waals surface area contributed by atoms with Gasteiger partial charge in [0.25, 0.3) is 5.91 Å². The number of hydrogen-bond acceptors (Lipinski definition) is 3. The van der Waals surface area contributed by atoms with E-state index in [2.05, 4.69) is 24.8 Å². The zero-order chi connectivity index (χ0) is 14.2. The molecule has 0 radical (unpaired) electrons. The van der Waals surface area contributed by atoms with Crippen molar-refractivity contribution in [1.82, 2.24) is 0 Å². The Hall–Kier alpha value is -1.62. The number of oxime groups is 1. The topological polar surface area (TPSA) is 41.9 Å². The maximum atomic E-state index is 12.6. The summed E-state index contributed by atoms with van der Waals surface area (Å²) in [6.07, 6.45) is 0. The minimum absolute atomic E-state index is 0.0341. The second-order valence-corrected chi connectivity index (χ2v) is 10.5. The lowest BCUT2D eigenvalue weighted by Crippen LogP contribution is -2.49. The minimum Gasteiger partial charge on any atom is -0.395 e. The van der Waals surface area contributed by atoms with Gasteiger partial charge in [0.15, 0.2) is 13.9 Å². The molecule has 102 valence electrons. The van der Waals surface area contributed by atoms with E-state index < -0.39 is 8.24 Å². The van der Waals surface area contributed by atoms with Crippen molar-refractivity contribution in [2.24, 2.45) is 5.16 Å². The van der Waals surface area contributed by atoms with E-state index in [0.29, 0.717) is 12.3 Å². The van der Waals surface area contributed by atoms with Gasteiger partial charge in [0.1, 0.15) is 6.61 Å². The second-order valence-electron chi connectivity index (χ2n) is 5.69. The van der Waals surface area contributed by atoms with Crippen molar-refractivity contribution in [1.29, 1.82) is 0 Å². The van der Waals surface area contributed by atoms with Crippen LogP contribution in [-0.4, -0.2) is 26.5 Å². The smallest absolute Gasteiger partial charge is 0.273 e. The maximum Gasteiger partial charge on any atom is 0.273 e. The Morgan fingerprint density at radius 3 is 2.58 bits per heavy atom. The van der Waals surface area contributed by atoms with Crippen molar-refractivity contribution in [3.05, 3.63) is 29.3 Å². The van der Waals surface area contributed by atoms with Crippen molar-refractivity contribution in [2.75, 3.05) is 11.2 Å². The van der Waals surface area contributed by atoms with E-state index in [1.807, 2.05) is 36.6 Å². The third kappa shape index (κ3) is 2.42. The van der Waals surface area contributed by atoms with Crippen molar-refractivity contribution in [3.63, 3.8) is 0 Å². The second kappa shape index (κ2) is 4.81. The molecule has 0 saturated carbocycles. The van der Waals surface area contributed by atoms with Gasteiger partial charge in [-0.2, -0.15) is 0 Å². The Bertz CT molecular complexity index is 547. The van der Waals surface area contributed by atoms with Crippen molar-refractivity contribution < 1.29 is 9.63 Å². The highest BCUT2D eigenvalue weighted by atomic mass is 28.3. The van der Waals surface area contributed by atoms with Gasteiger partial charge < -0.3 is 9.40 Å². The van der Waals surface area contributed by atoms with Crippen LogP contribution in [0.2, 0.25) is 19.6 Å². The van der Waals surface area contributed by atoms with Crippen LogP contribution in [0, 0.1) is 6.92 Å². The molecular formula is C14H20N2O2Si. The number of rotatable bonds is 3. The zero-order valence-electron chi connectivity index (χ0n) is 12.2. The number of nitrogens with zero attached hydrogens (tertiary/aromatic N) is 2. The average molecular weight is 276 g/mol. The van der Waals surface area contributed by atoms with E-state index in [-0.39, 0.29) is 5.91 Å². The van der Waals surface area contributed by atoms with Gasteiger partial charge in [-0.3, -0.25) is 4.79 Å². The molecule has 19 heavy (non-hydrogen) atoms. The summed E-state index contributed by atoms with van der Waals surface area (Å²) in [6, 6.07) is 6.05. The molecule has 0 saturated heterocycles. The summed E-state index contributed by atoms with van der Waals surface area (Å²) in [5, 5.41) is 4.02. The van der Waals surface area contributed by atoms with Crippen molar-refractivity contribution in [2.45, 2.75) is 33.5 Å². The number of hydrogen-bond donors (Lipinski definition) is 0. The Balaban J connectivity index is 2.59. The highest BCUT2D eigenvalue weighted by molar-refractivity contribution is 6.87. The molecule has 5 heteroatoms. The van der Waals surface area contributed by atoms with E-state index in [9.17, 15) is 4.79 Å². The molecule has 0 atom stereocenters. The molecule has 1 heterocycles. The molecule has 1 amide bonds. The van der Waals surface area contributed by atoms with E-state index in [0.717, 1.165) is 16.8 Å². The van der Waals surface area contributed by atoms with Crippen LogP contribution in [-0.2, 0) is 9.63 Å². The first kappa shape index (κ1) is 13.8. The predicted octanol–water partition coefficient (Wildman–Crippen LogP) is 2.92. The summed E-state index contributed by atoms with van der Waals surface area (Å²) in [6.45, 7) is 10.8. The number of anilines is 1. The normalized spacial score (nSPS) is 17.0. The first-order valence-corrected chi connectivity index (χ1v) is 9.96. The Morgan fingerprint density at radius 1 is 1.32 bits per heavy atom. The lowest BCUT2D eigenvalue weighted by molar-refractivity contribution is -0.111. The van der Waals surface area contributed by atoms with Crippen LogP contribution < -0.4 is 4.57 Å². The van der Waals surface area contributed by atoms with Gasteiger partial charge in [0, 0.05) is 11.3 Å². The largest absolute Gasteiger partial charge is 0.395 e. The molecule has 1 aliphatic heterocycles. The van der Waals surface area contributed by atoms with Gasteiger partial charge in [-0.1, -0.05) is 36.4 Å². The number of carbonyl (C=O) groups excluding carboxylic acids is 1. The average Bonchev–Trinajstić information content (AvgIpc) is 2.58. The summed E-state index contributed by atoms with van der Waals surface area (Å²) in [7, 11) is -1.79. The van der Waals surface area contributed by atoms with E-state index in [1.165, 1.54) is 0 Å². The monoisotopic (exact) mass is 276 g/mol. The molecule has 1 aromatic rings. The lowest BCUT2D eigenvalue weighted by atomic mass is 10.1. The highest BCUT2D eigenvalue weighted by Crippen LogP contribution is 2.34. The van der Waals surface area contributed by atoms with Crippen molar-refractivity contribution in [3.8, 4) is 0 Å². The first-order chi connectivity index (χ1) is 8.86. The van der Waals surface area contributed by atoms with Crippen LogP contribution in [0.4, 0.5) is 5.69 Å². The fourth-order valence-electron chi connectivity index (χ4n) is 2.25. The maximum absolute atomic E-state index is 12.6. The van der Waals surface area contributed by atoms with Crippen LogP contribution in [0.15, 0.2) is 23.4 Å². The molecular weight excluding hydrogens is 256 g/mol.